The first-order valence-corrected chi connectivity index (χ1v) is 12.4. The molecule has 6 heteroatoms. The first kappa shape index (κ1) is 26.3. The highest BCUT2D eigenvalue weighted by Crippen LogP contribution is 2.27. The highest BCUT2D eigenvalue weighted by Gasteiger charge is 2.08. The van der Waals surface area contributed by atoms with Crippen LogP contribution < -0.4 is 9.47 Å². The minimum atomic E-state index is -0.447. The average Bonchev–Trinajstić information content (AvgIpc) is 2.90. The smallest absolute Gasteiger partial charge is 0.165 e. The summed E-state index contributed by atoms with van der Waals surface area (Å²) in [5.74, 6) is -1.16. The average molecular weight is 509 g/mol. The zero-order valence-corrected chi connectivity index (χ0v) is 20.4. The van der Waals surface area contributed by atoms with Crippen molar-refractivity contribution < 1.29 is 27.0 Å². The van der Waals surface area contributed by atoms with Crippen molar-refractivity contribution in [2.24, 2.45) is 0 Å². The van der Waals surface area contributed by atoms with Crippen molar-refractivity contribution in [3.63, 3.8) is 0 Å². The van der Waals surface area contributed by atoms with Crippen LogP contribution in [0.5, 0.6) is 11.5 Å². The van der Waals surface area contributed by atoms with Crippen LogP contribution in [-0.2, 0) is 0 Å². The summed E-state index contributed by atoms with van der Waals surface area (Å²) in [5.41, 5.74) is 2.80. The summed E-state index contributed by atoms with van der Waals surface area (Å²) in [5, 5.41) is 0. The fourth-order valence-corrected chi connectivity index (χ4v) is 3.98. The fourth-order valence-electron chi connectivity index (χ4n) is 3.98. The number of rotatable bonds is 12. The van der Waals surface area contributed by atoms with Gasteiger partial charge in [0, 0.05) is 0 Å². The molecule has 4 rings (SSSR count). The van der Waals surface area contributed by atoms with E-state index in [0.717, 1.165) is 43.2 Å². The third-order valence-corrected chi connectivity index (χ3v) is 6.02. The van der Waals surface area contributed by atoms with Gasteiger partial charge in [-0.2, -0.15) is 0 Å². The first-order chi connectivity index (χ1) is 18.0. The van der Waals surface area contributed by atoms with E-state index in [9.17, 15) is 17.6 Å². The predicted molar refractivity (Wildman–Crippen MR) is 138 cm³/mol. The molecule has 4 aromatic rings. The Morgan fingerprint density at radius 2 is 0.757 bits per heavy atom. The molecule has 0 amide bonds. The summed E-state index contributed by atoms with van der Waals surface area (Å²) in [6, 6.07) is 21.3. The Hall–Kier alpha value is -3.80. The third-order valence-electron chi connectivity index (χ3n) is 6.02. The standard InChI is InChI=1S/C31H28F4O2/c32-26-12-6-22(7-13-26)24-10-16-30(28(34)20-24)36-18-4-2-1-3-5-19-37-31-17-11-25(21-29(31)35)23-8-14-27(33)15-9-23/h6-17,20-21H,1-5,18-19H2. The third kappa shape index (κ3) is 7.59. The van der Waals surface area contributed by atoms with Gasteiger partial charge in [0.15, 0.2) is 23.1 Å². The van der Waals surface area contributed by atoms with Gasteiger partial charge in [-0.1, -0.05) is 55.7 Å². The Balaban J connectivity index is 1.10. The van der Waals surface area contributed by atoms with Gasteiger partial charge in [-0.25, -0.2) is 17.6 Å². The number of unbranched alkanes of at least 4 members (excludes halogenated alkanes) is 4. The van der Waals surface area contributed by atoms with Crippen LogP contribution in [-0.4, -0.2) is 13.2 Å². The molecule has 2 nitrogen and oxygen atoms in total. The molecule has 0 aliphatic heterocycles. The minimum absolute atomic E-state index is 0.201. The molecule has 0 unspecified atom stereocenters. The maximum atomic E-state index is 14.4. The Morgan fingerprint density at radius 3 is 1.14 bits per heavy atom. The molecule has 0 N–H and O–H groups in total. The van der Waals surface area contributed by atoms with Gasteiger partial charge in [0.25, 0.3) is 0 Å². The van der Waals surface area contributed by atoms with Gasteiger partial charge in [0.05, 0.1) is 13.2 Å². The maximum Gasteiger partial charge on any atom is 0.165 e. The van der Waals surface area contributed by atoms with E-state index < -0.39 is 11.6 Å². The lowest BCUT2D eigenvalue weighted by atomic mass is 10.1. The second-order valence-electron chi connectivity index (χ2n) is 8.77. The van der Waals surface area contributed by atoms with Gasteiger partial charge in [-0.05, 0) is 83.6 Å². The largest absolute Gasteiger partial charge is 0.491 e. The van der Waals surface area contributed by atoms with Gasteiger partial charge in [0.1, 0.15) is 11.6 Å². The second-order valence-corrected chi connectivity index (χ2v) is 8.77. The SMILES string of the molecule is Fc1ccc(-c2ccc(OCCCCCCCOc3ccc(-c4ccc(F)cc4)cc3F)c(F)c2)cc1. The van der Waals surface area contributed by atoms with Crippen LogP contribution in [0, 0.1) is 23.3 Å². The number of halogens is 4. The van der Waals surface area contributed by atoms with E-state index in [0.29, 0.717) is 24.3 Å². The molecule has 4 aromatic carbocycles. The Kier molecular flexibility index (Phi) is 9.19. The highest BCUT2D eigenvalue weighted by molar-refractivity contribution is 5.65. The lowest BCUT2D eigenvalue weighted by Gasteiger charge is -2.10. The monoisotopic (exact) mass is 508 g/mol. The minimum Gasteiger partial charge on any atom is -0.491 e. The summed E-state index contributed by atoms with van der Waals surface area (Å²) >= 11 is 0. The molecule has 0 radical (unpaired) electrons. The maximum absolute atomic E-state index is 14.4. The van der Waals surface area contributed by atoms with Crippen LogP contribution in [0.3, 0.4) is 0 Å². The summed E-state index contributed by atoms with van der Waals surface area (Å²) < 4.78 is 66.0. The van der Waals surface area contributed by atoms with Crippen LogP contribution in [0.15, 0.2) is 84.9 Å². The molecule has 37 heavy (non-hydrogen) atoms. The number of benzene rings is 4. The summed E-state index contributed by atoms with van der Waals surface area (Å²) in [4.78, 5) is 0. The molecule has 0 atom stereocenters. The molecule has 0 aliphatic rings. The molecule has 0 saturated carbocycles. The molecule has 0 aromatic heterocycles. The molecular weight excluding hydrogens is 480 g/mol. The van der Waals surface area contributed by atoms with Crippen molar-refractivity contribution in [1.82, 2.24) is 0 Å². The van der Waals surface area contributed by atoms with Gasteiger partial charge in [-0.15, -0.1) is 0 Å². The number of ether oxygens (including phenoxy) is 2. The first-order valence-electron chi connectivity index (χ1n) is 12.4. The molecule has 192 valence electrons. The van der Waals surface area contributed by atoms with E-state index in [-0.39, 0.29) is 23.1 Å². The topological polar surface area (TPSA) is 18.5 Å². The van der Waals surface area contributed by atoms with E-state index >= 15 is 0 Å². The van der Waals surface area contributed by atoms with Crippen LogP contribution in [0.2, 0.25) is 0 Å². The van der Waals surface area contributed by atoms with E-state index in [1.54, 1.807) is 48.5 Å². The van der Waals surface area contributed by atoms with E-state index in [2.05, 4.69) is 0 Å². The van der Waals surface area contributed by atoms with Crippen molar-refractivity contribution in [3.8, 4) is 33.8 Å². The van der Waals surface area contributed by atoms with Gasteiger partial charge < -0.3 is 9.47 Å². The van der Waals surface area contributed by atoms with Crippen molar-refractivity contribution in [3.05, 3.63) is 108 Å². The van der Waals surface area contributed by atoms with Gasteiger partial charge in [0.2, 0.25) is 0 Å². The number of hydrogen-bond donors (Lipinski definition) is 0. The predicted octanol–water partition coefficient (Wildman–Crippen LogP) is 8.99. The van der Waals surface area contributed by atoms with Crippen LogP contribution in [0.4, 0.5) is 17.6 Å². The summed E-state index contributed by atoms with van der Waals surface area (Å²) in [7, 11) is 0. The molecule has 0 spiro atoms. The molecule has 0 aliphatic carbocycles. The van der Waals surface area contributed by atoms with E-state index in [1.165, 1.54) is 36.4 Å². The number of hydrogen-bond acceptors (Lipinski definition) is 2. The zero-order chi connectivity index (χ0) is 26.0. The van der Waals surface area contributed by atoms with Crippen LogP contribution >= 0.6 is 0 Å². The van der Waals surface area contributed by atoms with Crippen LogP contribution in [0.1, 0.15) is 32.1 Å². The van der Waals surface area contributed by atoms with Crippen molar-refractivity contribution in [2.75, 3.05) is 13.2 Å². The summed E-state index contributed by atoms with van der Waals surface area (Å²) in [6.45, 7) is 0.823. The van der Waals surface area contributed by atoms with Gasteiger partial charge in [-0.3, -0.25) is 0 Å². The normalized spacial score (nSPS) is 10.9. The van der Waals surface area contributed by atoms with Crippen LogP contribution in [0.25, 0.3) is 22.3 Å². The second kappa shape index (κ2) is 12.9. The fraction of sp³-hybridized carbons (Fsp3) is 0.226. The molecule has 0 heterocycles. The van der Waals surface area contributed by atoms with Crippen molar-refractivity contribution >= 4 is 0 Å². The molecule has 0 fully saturated rings. The quantitative estimate of drug-likeness (QED) is 0.140. The molecule has 0 saturated heterocycles. The van der Waals surface area contributed by atoms with Crippen molar-refractivity contribution in [2.45, 2.75) is 32.1 Å². The summed E-state index contributed by atoms with van der Waals surface area (Å²) in [6.07, 6.45) is 4.40. The van der Waals surface area contributed by atoms with E-state index in [4.69, 9.17) is 9.47 Å². The highest BCUT2D eigenvalue weighted by atomic mass is 19.1. The molecule has 0 bridgehead atoms. The Labute approximate surface area is 214 Å². The Morgan fingerprint density at radius 1 is 0.405 bits per heavy atom. The molecular formula is C31H28F4O2. The Bertz CT molecular complexity index is 1190. The van der Waals surface area contributed by atoms with Gasteiger partial charge >= 0.3 is 0 Å². The van der Waals surface area contributed by atoms with Crippen molar-refractivity contribution in [1.29, 1.82) is 0 Å². The lowest BCUT2D eigenvalue weighted by molar-refractivity contribution is 0.280. The zero-order valence-electron chi connectivity index (χ0n) is 20.4. The lowest BCUT2D eigenvalue weighted by Crippen LogP contribution is -2.01. The van der Waals surface area contributed by atoms with E-state index in [1.807, 2.05) is 0 Å².